The first-order chi connectivity index (χ1) is 14.0. The molecule has 7 heteroatoms. The van der Waals surface area contributed by atoms with Crippen LogP contribution in [0.2, 0.25) is 0 Å². The Kier molecular flexibility index (Phi) is 6.61. The molecule has 1 atom stereocenters. The van der Waals surface area contributed by atoms with Gasteiger partial charge in [0.1, 0.15) is 11.6 Å². The van der Waals surface area contributed by atoms with E-state index in [1.54, 1.807) is 13.2 Å². The largest absolute Gasteiger partial charge is 0.496 e. The Morgan fingerprint density at radius 2 is 1.93 bits per heavy atom. The van der Waals surface area contributed by atoms with Crippen molar-refractivity contribution in [3.8, 4) is 5.75 Å². The third kappa shape index (κ3) is 4.81. The SMILES string of the molecule is CCN(Cc1nc2ccccc2c(=O)[nH]1)C(C)C(=O)NCc1ccccc1OC. The second-order valence-corrected chi connectivity index (χ2v) is 6.80. The third-order valence-electron chi connectivity index (χ3n) is 4.99. The second kappa shape index (κ2) is 9.34. The van der Waals surface area contributed by atoms with Crippen LogP contribution in [0.4, 0.5) is 0 Å². The molecule has 0 aliphatic rings. The number of hydrogen-bond donors (Lipinski definition) is 2. The molecule has 1 unspecified atom stereocenters. The first-order valence-electron chi connectivity index (χ1n) is 9.65. The summed E-state index contributed by atoms with van der Waals surface area (Å²) in [5, 5.41) is 3.52. The van der Waals surface area contributed by atoms with Gasteiger partial charge >= 0.3 is 0 Å². The first kappa shape index (κ1) is 20.5. The molecule has 0 aliphatic heterocycles. The molecule has 7 nitrogen and oxygen atoms in total. The predicted molar refractivity (Wildman–Crippen MR) is 113 cm³/mol. The molecule has 0 aliphatic carbocycles. The van der Waals surface area contributed by atoms with Crippen LogP contribution >= 0.6 is 0 Å². The first-order valence-corrected chi connectivity index (χ1v) is 9.65. The summed E-state index contributed by atoms with van der Waals surface area (Å²) in [4.78, 5) is 34.3. The fourth-order valence-electron chi connectivity index (χ4n) is 3.27. The lowest BCUT2D eigenvalue weighted by atomic mass is 10.2. The lowest BCUT2D eigenvalue weighted by Crippen LogP contribution is -2.44. The van der Waals surface area contributed by atoms with Crippen molar-refractivity contribution in [1.29, 1.82) is 0 Å². The van der Waals surface area contributed by atoms with Gasteiger partial charge in [-0.1, -0.05) is 37.3 Å². The van der Waals surface area contributed by atoms with Gasteiger partial charge in [-0.15, -0.1) is 0 Å². The number of H-pyrrole nitrogens is 1. The van der Waals surface area contributed by atoms with Gasteiger partial charge in [0.15, 0.2) is 0 Å². The molecule has 0 fully saturated rings. The molecule has 0 spiro atoms. The molecule has 1 aromatic heterocycles. The molecule has 3 rings (SSSR count). The fourth-order valence-corrected chi connectivity index (χ4v) is 3.27. The van der Waals surface area contributed by atoms with Crippen LogP contribution in [-0.4, -0.2) is 40.5 Å². The minimum Gasteiger partial charge on any atom is -0.496 e. The topological polar surface area (TPSA) is 87.3 Å². The van der Waals surface area contributed by atoms with E-state index in [1.165, 1.54) is 0 Å². The quantitative estimate of drug-likeness (QED) is 0.613. The summed E-state index contributed by atoms with van der Waals surface area (Å²) in [6.07, 6.45) is 0. The average Bonchev–Trinajstić information content (AvgIpc) is 2.75. The minimum absolute atomic E-state index is 0.0964. The van der Waals surface area contributed by atoms with E-state index >= 15 is 0 Å². The number of rotatable bonds is 8. The summed E-state index contributed by atoms with van der Waals surface area (Å²) in [7, 11) is 1.61. The highest BCUT2D eigenvalue weighted by Crippen LogP contribution is 2.17. The van der Waals surface area contributed by atoms with Gasteiger partial charge in [-0.3, -0.25) is 14.5 Å². The number of aromatic amines is 1. The van der Waals surface area contributed by atoms with Gasteiger partial charge in [0.05, 0.1) is 30.6 Å². The lowest BCUT2D eigenvalue weighted by Gasteiger charge is -2.26. The van der Waals surface area contributed by atoms with E-state index in [4.69, 9.17) is 4.74 Å². The summed E-state index contributed by atoms with van der Waals surface area (Å²) in [5.41, 5.74) is 1.39. The van der Waals surface area contributed by atoms with Crippen LogP contribution in [0.3, 0.4) is 0 Å². The van der Waals surface area contributed by atoms with Crippen molar-refractivity contribution in [2.24, 2.45) is 0 Å². The fraction of sp³-hybridized carbons (Fsp3) is 0.318. The summed E-state index contributed by atoms with van der Waals surface area (Å²) in [6.45, 7) is 5.22. The molecule has 1 heterocycles. The number of carbonyl (C=O) groups excluding carboxylic acids is 1. The Morgan fingerprint density at radius 1 is 1.21 bits per heavy atom. The molecule has 152 valence electrons. The smallest absolute Gasteiger partial charge is 0.258 e. The molecule has 2 aromatic carbocycles. The van der Waals surface area contributed by atoms with Crippen LogP contribution in [0.15, 0.2) is 53.3 Å². The number of fused-ring (bicyclic) bond motifs is 1. The van der Waals surface area contributed by atoms with Crippen molar-refractivity contribution in [2.75, 3.05) is 13.7 Å². The summed E-state index contributed by atoms with van der Waals surface area (Å²) in [5.74, 6) is 1.19. The number of methoxy groups -OCH3 is 1. The number of carbonyl (C=O) groups is 1. The number of nitrogens with one attached hydrogen (secondary N) is 2. The van der Waals surface area contributed by atoms with Crippen LogP contribution in [0.25, 0.3) is 10.9 Å². The number of nitrogens with zero attached hydrogens (tertiary/aromatic N) is 2. The molecule has 2 N–H and O–H groups in total. The number of hydrogen-bond acceptors (Lipinski definition) is 5. The van der Waals surface area contributed by atoms with Gasteiger partial charge in [0.2, 0.25) is 5.91 Å². The molecule has 0 saturated carbocycles. The van der Waals surface area contributed by atoms with Gasteiger partial charge in [-0.2, -0.15) is 0 Å². The van der Waals surface area contributed by atoms with Crippen LogP contribution in [0.5, 0.6) is 5.75 Å². The molecule has 3 aromatic rings. The van der Waals surface area contributed by atoms with Gasteiger partial charge in [0.25, 0.3) is 5.56 Å². The zero-order valence-electron chi connectivity index (χ0n) is 16.9. The Bertz CT molecular complexity index is 1050. The molecule has 0 radical (unpaired) electrons. The second-order valence-electron chi connectivity index (χ2n) is 6.80. The van der Waals surface area contributed by atoms with Gasteiger partial charge in [-0.05, 0) is 31.7 Å². The van der Waals surface area contributed by atoms with Gasteiger partial charge < -0.3 is 15.0 Å². The lowest BCUT2D eigenvalue weighted by molar-refractivity contribution is -0.126. The maximum atomic E-state index is 12.7. The van der Waals surface area contributed by atoms with Gasteiger partial charge in [-0.25, -0.2) is 4.98 Å². The highest BCUT2D eigenvalue weighted by atomic mass is 16.5. The van der Waals surface area contributed by atoms with Gasteiger partial charge in [0, 0.05) is 12.1 Å². The Hall–Kier alpha value is -3.19. The van der Waals surface area contributed by atoms with Crippen LogP contribution in [0, 0.1) is 0 Å². The number of likely N-dealkylation sites (N-methyl/N-ethyl adjacent to an activating group) is 1. The molecule has 29 heavy (non-hydrogen) atoms. The predicted octanol–water partition coefficient (Wildman–Crippen LogP) is 2.46. The zero-order valence-corrected chi connectivity index (χ0v) is 16.9. The van der Waals surface area contributed by atoms with Crippen molar-refractivity contribution < 1.29 is 9.53 Å². The van der Waals surface area contributed by atoms with E-state index in [0.29, 0.717) is 36.4 Å². The van der Waals surface area contributed by atoms with Crippen LogP contribution in [0.1, 0.15) is 25.2 Å². The average molecular weight is 394 g/mol. The Morgan fingerprint density at radius 3 is 2.69 bits per heavy atom. The monoisotopic (exact) mass is 394 g/mol. The van der Waals surface area contributed by atoms with Crippen molar-refractivity contribution in [2.45, 2.75) is 33.0 Å². The van der Waals surface area contributed by atoms with Crippen molar-refractivity contribution in [1.82, 2.24) is 20.2 Å². The Labute approximate surface area is 169 Å². The van der Waals surface area contributed by atoms with E-state index in [9.17, 15) is 9.59 Å². The van der Waals surface area contributed by atoms with Crippen molar-refractivity contribution in [3.63, 3.8) is 0 Å². The maximum absolute atomic E-state index is 12.7. The highest BCUT2D eigenvalue weighted by molar-refractivity contribution is 5.81. The van der Waals surface area contributed by atoms with Crippen molar-refractivity contribution >= 4 is 16.8 Å². The Balaban J connectivity index is 1.69. The minimum atomic E-state index is -0.383. The number of aromatic nitrogens is 2. The van der Waals surface area contributed by atoms with E-state index in [1.807, 2.05) is 61.2 Å². The standard InChI is InChI=1S/C22H26N4O3/c1-4-26(14-20-24-18-11-7-6-10-17(18)22(28)25-20)15(2)21(27)23-13-16-9-5-8-12-19(16)29-3/h5-12,15H,4,13-14H2,1-3H3,(H,23,27)(H,24,25,28). The number of amides is 1. The van der Waals surface area contributed by atoms with Crippen molar-refractivity contribution in [3.05, 3.63) is 70.3 Å². The normalized spacial score (nSPS) is 12.1. The van der Waals surface area contributed by atoms with E-state index < -0.39 is 0 Å². The maximum Gasteiger partial charge on any atom is 0.258 e. The number of ether oxygens (including phenoxy) is 1. The number of benzene rings is 2. The summed E-state index contributed by atoms with van der Waals surface area (Å²) in [6, 6.07) is 14.4. The zero-order chi connectivity index (χ0) is 20.8. The third-order valence-corrected chi connectivity index (χ3v) is 4.99. The van der Waals surface area contributed by atoms with Crippen LogP contribution in [-0.2, 0) is 17.9 Å². The molecular weight excluding hydrogens is 368 g/mol. The van der Waals surface area contributed by atoms with E-state index in [2.05, 4.69) is 15.3 Å². The summed E-state index contributed by atoms with van der Waals surface area (Å²) < 4.78 is 5.33. The molecule has 1 amide bonds. The molecule has 0 saturated heterocycles. The highest BCUT2D eigenvalue weighted by Gasteiger charge is 2.21. The number of para-hydroxylation sites is 2. The summed E-state index contributed by atoms with van der Waals surface area (Å²) >= 11 is 0. The molecular formula is C22H26N4O3. The van der Waals surface area contributed by atoms with E-state index in [-0.39, 0.29) is 17.5 Å². The van der Waals surface area contributed by atoms with Crippen LogP contribution < -0.4 is 15.6 Å². The van der Waals surface area contributed by atoms with E-state index in [0.717, 1.165) is 11.3 Å². The molecule has 0 bridgehead atoms.